The van der Waals surface area contributed by atoms with Gasteiger partial charge in [-0.1, -0.05) is 0 Å². The lowest BCUT2D eigenvalue weighted by Crippen LogP contribution is -2.05. The summed E-state index contributed by atoms with van der Waals surface area (Å²) in [5.41, 5.74) is 0.708. The summed E-state index contributed by atoms with van der Waals surface area (Å²) in [7, 11) is 0. The van der Waals surface area contributed by atoms with Crippen LogP contribution in [0.5, 0.6) is 0 Å². The number of nitrogens with zero attached hydrogens (tertiary/aromatic N) is 2. The molecule has 88 valence electrons. The summed E-state index contributed by atoms with van der Waals surface area (Å²) >= 11 is 0. The van der Waals surface area contributed by atoms with Gasteiger partial charge in [0.15, 0.2) is 6.20 Å². The van der Waals surface area contributed by atoms with Gasteiger partial charge >= 0.3 is 5.82 Å². The standard InChI is InChI=1S/C11H11N3O3/c1-8(10-3-2-6-17-10)13-9-4-5-11(12-7-9)14(15)16/h2-8,13H,1H3. The fourth-order valence-corrected chi connectivity index (χ4v) is 1.44. The quantitative estimate of drug-likeness (QED) is 0.648. The molecule has 0 spiro atoms. The van der Waals surface area contributed by atoms with Crippen molar-refractivity contribution in [3.05, 3.63) is 52.6 Å². The van der Waals surface area contributed by atoms with Crippen molar-refractivity contribution in [2.45, 2.75) is 13.0 Å². The molecule has 1 atom stereocenters. The van der Waals surface area contributed by atoms with E-state index in [-0.39, 0.29) is 11.9 Å². The van der Waals surface area contributed by atoms with Gasteiger partial charge in [-0.2, -0.15) is 0 Å². The van der Waals surface area contributed by atoms with Gasteiger partial charge in [-0.15, -0.1) is 0 Å². The van der Waals surface area contributed by atoms with E-state index in [2.05, 4.69) is 10.3 Å². The van der Waals surface area contributed by atoms with Crippen LogP contribution < -0.4 is 5.32 Å². The predicted molar refractivity (Wildman–Crippen MR) is 61.6 cm³/mol. The largest absolute Gasteiger partial charge is 0.467 e. The van der Waals surface area contributed by atoms with Crippen LogP contribution in [0.15, 0.2) is 41.1 Å². The minimum atomic E-state index is -0.528. The summed E-state index contributed by atoms with van der Waals surface area (Å²) < 4.78 is 5.24. The number of pyridine rings is 1. The van der Waals surface area contributed by atoms with Crippen LogP contribution in [0.2, 0.25) is 0 Å². The van der Waals surface area contributed by atoms with Gasteiger partial charge < -0.3 is 19.8 Å². The van der Waals surface area contributed by atoms with Crippen molar-refractivity contribution in [1.29, 1.82) is 0 Å². The molecule has 0 aliphatic carbocycles. The number of aromatic nitrogens is 1. The van der Waals surface area contributed by atoms with Crippen molar-refractivity contribution in [3.63, 3.8) is 0 Å². The van der Waals surface area contributed by atoms with Crippen molar-refractivity contribution in [3.8, 4) is 0 Å². The van der Waals surface area contributed by atoms with Gasteiger partial charge in [-0.25, -0.2) is 0 Å². The second kappa shape index (κ2) is 4.65. The molecular weight excluding hydrogens is 222 g/mol. The highest BCUT2D eigenvalue weighted by atomic mass is 16.6. The average Bonchev–Trinajstić information content (AvgIpc) is 2.83. The summed E-state index contributed by atoms with van der Waals surface area (Å²) in [5, 5.41) is 13.6. The molecular formula is C11H11N3O3. The van der Waals surface area contributed by atoms with Gasteiger partial charge in [-0.05, 0) is 35.0 Å². The molecule has 0 aromatic carbocycles. The van der Waals surface area contributed by atoms with Crippen molar-refractivity contribution in [2.75, 3.05) is 5.32 Å². The van der Waals surface area contributed by atoms with E-state index in [0.717, 1.165) is 5.76 Å². The lowest BCUT2D eigenvalue weighted by Gasteiger charge is -2.11. The zero-order chi connectivity index (χ0) is 12.3. The van der Waals surface area contributed by atoms with Gasteiger partial charge in [0.05, 0.1) is 18.0 Å². The van der Waals surface area contributed by atoms with E-state index in [4.69, 9.17) is 4.42 Å². The lowest BCUT2D eigenvalue weighted by atomic mass is 10.2. The maximum atomic E-state index is 10.4. The molecule has 0 aliphatic rings. The molecule has 2 aromatic heterocycles. The Hall–Kier alpha value is -2.37. The number of hydrogen-bond acceptors (Lipinski definition) is 5. The number of hydrogen-bond donors (Lipinski definition) is 1. The predicted octanol–water partition coefficient (Wildman–Crippen LogP) is 2.76. The molecule has 2 rings (SSSR count). The Morgan fingerprint density at radius 1 is 1.47 bits per heavy atom. The Kier molecular flexibility index (Phi) is 3.04. The summed E-state index contributed by atoms with van der Waals surface area (Å²) in [4.78, 5) is 13.6. The first-order valence-electron chi connectivity index (χ1n) is 5.07. The van der Waals surface area contributed by atoms with Crippen LogP contribution >= 0.6 is 0 Å². The average molecular weight is 233 g/mol. The Morgan fingerprint density at radius 2 is 2.29 bits per heavy atom. The number of nitro groups is 1. The Bertz CT molecular complexity index is 493. The Labute approximate surface area is 97.4 Å². The fraction of sp³-hybridized carbons (Fsp3) is 0.182. The molecule has 1 unspecified atom stereocenters. The monoisotopic (exact) mass is 233 g/mol. The van der Waals surface area contributed by atoms with Crippen LogP contribution in [-0.4, -0.2) is 9.91 Å². The molecule has 6 heteroatoms. The third-order valence-corrected chi connectivity index (χ3v) is 2.29. The summed E-state index contributed by atoms with van der Waals surface area (Å²) in [6.07, 6.45) is 3.03. The van der Waals surface area contributed by atoms with E-state index >= 15 is 0 Å². The van der Waals surface area contributed by atoms with Gasteiger partial charge in [0.2, 0.25) is 0 Å². The summed E-state index contributed by atoms with van der Waals surface area (Å²) in [6, 6.07) is 6.62. The highest BCUT2D eigenvalue weighted by molar-refractivity contribution is 5.44. The highest BCUT2D eigenvalue weighted by Crippen LogP contribution is 2.19. The molecule has 0 fully saturated rings. The first kappa shape index (κ1) is 11.1. The van der Waals surface area contributed by atoms with Crippen LogP contribution in [0.3, 0.4) is 0 Å². The molecule has 0 bridgehead atoms. The zero-order valence-corrected chi connectivity index (χ0v) is 9.16. The van der Waals surface area contributed by atoms with Crippen LogP contribution in [0.1, 0.15) is 18.7 Å². The molecule has 17 heavy (non-hydrogen) atoms. The van der Waals surface area contributed by atoms with Crippen molar-refractivity contribution < 1.29 is 9.34 Å². The van der Waals surface area contributed by atoms with E-state index in [9.17, 15) is 10.1 Å². The van der Waals surface area contributed by atoms with Crippen molar-refractivity contribution in [1.82, 2.24) is 4.98 Å². The molecule has 2 aromatic rings. The van der Waals surface area contributed by atoms with Crippen molar-refractivity contribution in [2.24, 2.45) is 0 Å². The molecule has 0 saturated heterocycles. The molecule has 0 radical (unpaired) electrons. The fourth-order valence-electron chi connectivity index (χ4n) is 1.44. The van der Waals surface area contributed by atoms with Gasteiger partial charge in [0, 0.05) is 6.07 Å². The maximum Gasteiger partial charge on any atom is 0.363 e. The molecule has 2 heterocycles. The van der Waals surface area contributed by atoms with Crippen LogP contribution in [0, 0.1) is 10.1 Å². The normalized spacial score (nSPS) is 12.1. The van der Waals surface area contributed by atoms with Crippen LogP contribution in [0.4, 0.5) is 11.5 Å². The smallest absolute Gasteiger partial charge is 0.363 e. The maximum absolute atomic E-state index is 10.4. The Morgan fingerprint density at radius 3 is 2.82 bits per heavy atom. The molecule has 0 saturated carbocycles. The third kappa shape index (κ3) is 2.60. The minimum absolute atomic E-state index is 0.0201. The molecule has 6 nitrogen and oxygen atoms in total. The number of anilines is 1. The van der Waals surface area contributed by atoms with E-state index in [1.807, 2.05) is 19.1 Å². The number of furan rings is 1. The second-order valence-corrected chi connectivity index (χ2v) is 3.54. The van der Waals surface area contributed by atoms with Gasteiger partial charge in [0.25, 0.3) is 0 Å². The van der Waals surface area contributed by atoms with E-state index < -0.39 is 4.92 Å². The lowest BCUT2D eigenvalue weighted by molar-refractivity contribution is -0.389. The van der Waals surface area contributed by atoms with E-state index in [1.165, 1.54) is 12.3 Å². The Balaban J connectivity index is 2.06. The topological polar surface area (TPSA) is 81.2 Å². The molecule has 1 N–H and O–H groups in total. The van der Waals surface area contributed by atoms with Crippen LogP contribution in [-0.2, 0) is 0 Å². The van der Waals surface area contributed by atoms with Gasteiger partial charge in [-0.3, -0.25) is 0 Å². The minimum Gasteiger partial charge on any atom is -0.467 e. The highest BCUT2D eigenvalue weighted by Gasteiger charge is 2.10. The van der Waals surface area contributed by atoms with Gasteiger partial charge in [0.1, 0.15) is 5.76 Å². The second-order valence-electron chi connectivity index (χ2n) is 3.54. The third-order valence-electron chi connectivity index (χ3n) is 2.29. The van der Waals surface area contributed by atoms with E-state index in [0.29, 0.717) is 5.69 Å². The van der Waals surface area contributed by atoms with Crippen LogP contribution in [0.25, 0.3) is 0 Å². The summed E-state index contributed by atoms with van der Waals surface area (Å²) in [5.74, 6) is 0.629. The summed E-state index contributed by atoms with van der Waals surface area (Å²) in [6.45, 7) is 1.93. The first-order valence-corrected chi connectivity index (χ1v) is 5.07. The zero-order valence-electron chi connectivity index (χ0n) is 9.16. The molecule has 0 amide bonds. The first-order chi connectivity index (χ1) is 8.16. The SMILES string of the molecule is CC(Nc1ccc([N+](=O)[O-])nc1)c1ccco1. The number of nitrogens with one attached hydrogen (secondary N) is 1. The van der Waals surface area contributed by atoms with E-state index in [1.54, 1.807) is 12.3 Å². The molecule has 0 aliphatic heterocycles. The van der Waals surface area contributed by atoms with Crippen molar-refractivity contribution >= 4 is 11.5 Å². The number of rotatable bonds is 4.